The van der Waals surface area contributed by atoms with Crippen molar-refractivity contribution in [2.24, 2.45) is 0 Å². The highest BCUT2D eigenvalue weighted by atomic mass is 16.5. The van der Waals surface area contributed by atoms with Gasteiger partial charge in [-0.25, -0.2) is 4.68 Å². The fourth-order valence-electron chi connectivity index (χ4n) is 3.57. The minimum absolute atomic E-state index is 0.0972. The molecule has 0 bridgehead atoms. The van der Waals surface area contributed by atoms with Crippen LogP contribution in [0.25, 0.3) is 0 Å². The van der Waals surface area contributed by atoms with E-state index >= 15 is 0 Å². The van der Waals surface area contributed by atoms with Crippen LogP contribution in [-0.4, -0.2) is 41.4 Å². The Morgan fingerprint density at radius 3 is 2.97 bits per heavy atom. The highest BCUT2D eigenvalue weighted by Gasteiger charge is 2.24. The van der Waals surface area contributed by atoms with Crippen molar-refractivity contribution in [2.75, 3.05) is 25.1 Å². The first kappa shape index (κ1) is 19.9. The zero-order valence-corrected chi connectivity index (χ0v) is 16.5. The Bertz CT molecular complexity index is 988. The van der Waals surface area contributed by atoms with Crippen LogP contribution in [0.15, 0.2) is 24.4 Å². The minimum Gasteiger partial charge on any atom is -0.493 e. The zero-order valence-electron chi connectivity index (χ0n) is 16.5. The standard InChI is InChI=1S/C21H23N5O4/c22-8-3-9-23-21(28)19-16(13-26(25-19)18-4-1-2-10-30-18)24-20(27)15-5-6-17-14(12-15)7-11-29-17/h5-6,12-13,18H,1-4,7,9-11H2,(H,23,28)(H,24,27). The Morgan fingerprint density at radius 1 is 1.27 bits per heavy atom. The SMILES string of the molecule is N#CCCNC(=O)c1nn(C2CCCCO2)cc1NC(=O)c1ccc2c(c1)CCO2. The van der Waals surface area contributed by atoms with Crippen LogP contribution in [0, 0.1) is 11.3 Å². The number of nitrogens with one attached hydrogen (secondary N) is 2. The fraction of sp³-hybridized carbons (Fsp3) is 0.429. The minimum atomic E-state index is -0.447. The number of ether oxygens (including phenoxy) is 2. The molecule has 2 aromatic rings. The summed E-state index contributed by atoms with van der Waals surface area (Å²) in [5.41, 5.74) is 1.88. The molecule has 9 nitrogen and oxygen atoms in total. The van der Waals surface area contributed by atoms with Gasteiger partial charge in [-0.2, -0.15) is 10.4 Å². The van der Waals surface area contributed by atoms with Crippen LogP contribution in [0.2, 0.25) is 0 Å². The summed E-state index contributed by atoms with van der Waals surface area (Å²) >= 11 is 0. The predicted octanol–water partition coefficient (Wildman–Crippen LogP) is 2.41. The Balaban J connectivity index is 1.56. The smallest absolute Gasteiger partial charge is 0.273 e. The highest BCUT2D eigenvalue weighted by molar-refractivity contribution is 6.08. The molecule has 2 aliphatic rings. The van der Waals surface area contributed by atoms with Crippen LogP contribution in [-0.2, 0) is 11.2 Å². The van der Waals surface area contributed by atoms with Crippen LogP contribution >= 0.6 is 0 Å². The van der Waals surface area contributed by atoms with Gasteiger partial charge in [-0.05, 0) is 43.0 Å². The lowest BCUT2D eigenvalue weighted by Crippen LogP contribution is -2.26. The van der Waals surface area contributed by atoms with E-state index in [9.17, 15) is 9.59 Å². The van der Waals surface area contributed by atoms with E-state index in [1.54, 1.807) is 29.1 Å². The maximum absolute atomic E-state index is 12.8. The molecule has 1 unspecified atom stereocenters. The molecule has 0 spiro atoms. The van der Waals surface area contributed by atoms with Gasteiger partial charge < -0.3 is 20.1 Å². The second-order valence-electron chi connectivity index (χ2n) is 7.23. The van der Waals surface area contributed by atoms with Gasteiger partial charge in [-0.15, -0.1) is 0 Å². The van der Waals surface area contributed by atoms with E-state index in [0.29, 0.717) is 24.5 Å². The molecular weight excluding hydrogens is 386 g/mol. The van der Waals surface area contributed by atoms with Gasteiger partial charge in [-0.1, -0.05) is 0 Å². The Kier molecular flexibility index (Phi) is 5.95. The third kappa shape index (κ3) is 4.28. The number of amides is 2. The molecule has 30 heavy (non-hydrogen) atoms. The Labute approximate surface area is 174 Å². The van der Waals surface area contributed by atoms with Gasteiger partial charge in [0.05, 0.1) is 31.0 Å². The topological polar surface area (TPSA) is 118 Å². The monoisotopic (exact) mass is 409 g/mol. The molecule has 2 amide bonds. The third-order valence-electron chi connectivity index (χ3n) is 5.12. The van der Waals surface area contributed by atoms with E-state index in [1.165, 1.54) is 0 Å². The summed E-state index contributed by atoms with van der Waals surface area (Å²) in [4.78, 5) is 25.4. The lowest BCUT2D eigenvalue weighted by molar-refractivity contribution is -0.0395. The molecule has 1 atom stereocenters. The first-order valence-electron chi connectivity index (χ1n) is 10.1. The van der Waals surface area contributed by atoms with E-state index in [0.717, 1.165) is 37.0 Å². The highest BCUT2D eigenvalue weighted by Crippen LogP contribution is 2.28. The number of carbonyl (C=O) groups excluding carboxylic acids is 2. The fourth-order valence-corrected chi connectivity index (χ4v) is 3.57. The first-order chi connectivity index (χ1) is 14.7. The number of carbonyl (C=O) groups is 2. The van der Waals surface area contributed by atoms with Crippen LogP contribution in [0.3, 0.4) is 0 Å². The third-order valence-corrected chi connectivity index (χ3v) is 5.12. The second kappa shape index (κ2) is 8.97. The van der Waals surface area contributed by atoms with E-state index in [-0.39, 0.29) is 30.8 Å². The number of benzene rings is 1. The summed E-state index contributed by atoms with van der Waals surface area (Å²) in [6, 6.07) is 7.26. The normalized spacial score (nSPS) is 17.5. The Morgan fingerprint density at radius 2 is 2.17 bits per heavy atom. The lowest BCUT2D eigenvalue weighted by Gasteiger charge is -2.22. The number of fused-ring (bicyclic) bond motifs is 1. The van der Waals surface area contributed by atoms with Crippen molar-refractivity contribution in [3.8, 4) is 11.8 Å². The summed E-state index contributed by atoms with van der Waals surface area (Å²) < 4.78 is 12.8. The van der Waals surface area contributed by atoms with Crippen molar-refractivity contribution >= 4 is 17.5 Å². The number of aromatic nitrogens is 2. The van der Waals surface area contributed by atoms with Gasteiger partial charge in [0.2, 0.25) is 0 Å². The van der Waals surface area contributed by atoms with Crippen molar-refractivity contribution < 1.29 is 19.1 Å². The molecule has 2 N–H and O–H groups in total. The molecule has 1 aromatic carbocycles. The summed E-state index contributed by atoms with van der Waals surface area (Å²) in [5.74, 6) is 0.0173. The van der Waals surface area contributed by atoms with E-state index in [2.05, 4.69) is 15.7 Å². The molecule has 1 saturated heterocycles. The summed E-state index contributed by atoms with van der Waals surface area (Å²) in [6.45, 7) is 1.45. The first-order valence-corrected chi connectivity index (χ1v) is 10.1. The van der Waals surface area contributed by atoms with Crippen molar-refractivity contribution in [1.82, 2.24) is 15.1 Å². The molecular formula is C21H23N5O4. The number of anilines is 1. The maximum atomic E-state index is 12.8. The van der Waals surface area contributed by atoms with Gasteiger partial charge >= 0.3 is 0 Å². The molecule has 1 fully saturated rings. The van der Waals surface area contributed by atoms with Crippen molar-refractivity contribution in [2.45, 2.75) is 38.3 Å². The molecule has 0 aliphatic carbocycles. The van der Waals surface area contributed by atoms with Crippen LogP contribution in [0.5, 0.6) is 5.75 Å². The van der Waals surface area contributed by atoms with Gasteiger partial charge in [0.1, 0.15) is 12.0 Å². The van der Waals surface area contributed by atoms with E-state index < -0.39 is 5.91 Å². The van der Waals surface area contributed by atoms with Gasteiger partial charge in [0, 0.05) is 25.1 Å². The van der Waals surface area contributed by atoms with Crippen molar-refractivity contribution in [3.05, 3.63) is 41.2 Å². The van der Waals surface area contributed by atoms with E-state index in [1.807, 2.05) is 6.07 Å². The number of rotatable bonds is 6. The van der Waals surface area contributed by atoms with Crippen LogP contribution < -0.4 is 15.4 Å². The molecule has 0 saturated carbocycles. The van der Waals surface area contributed by atoms with Crippen molar-refractivity contribution in [1.29, 1.82) is 5.26 Å². The average molecular weight is 409 g/mol. The molecule has 1 aromatic heterocycles. The molecule has 3 heterocycles. The molecule has 156 valence electrons. The average Bonchev–Trinajstić information content (AvgIpc) is 3.41. The Hall–Kier alpha value is -3.38. The number of nitrogens with zero attached hydrogens (tertiary/aromatic N) is 3. The maximum Gasteiger partial charge on any atom is 0.273 e. The molecule has 9 heteroatoms. The quantitative estimate of drug-likeness (QED) is 0.708. The predicted molar refractivity (Wildman–Crippen MR) is 107 cm³/mol. The zero-order chi connectivity index (χ0) is 20.9. The number of hydrogen-bond acceptors (Lipinski definition) is 6. The number of nitriles is 1. The van der Waals surface area contributed by atoms with Gasteiger partial charge in [0.25, 0.3) is 11.8 Å². The summed E-state index contributed by atoms with van der Waals surface area (Å²) in [6.07, 6.45) is 5.10. The van der Waals surface area contributed by atoms with E-state index in [4.69, 9.17) is 14.7 Å². The van der Waals surface area contributed by atoms with Gasteiger partial charge in [-0.3, -0.25) is 9.59 Å². The van der Waals surface area contributed by atoms with Crippen molar-refractivity contribution in [3.63, 3.8) is 0 Å². The molecule has 4 rings (SSSR count). The summed E-state index contributed by atoms with van der Waals surface area (Å²) in [5, 5.41) is 18.5. The van der Waals surface area contributed by atoms with Crippen LogP contribution in [0.1, 0.15) is 58.3 Å². The van der Waals surface area contributed by atoms with Gasteiger partial charge in [0.15, 0.2) is 5.69 Å². The molecule has 2 aliphatic heterocycles. The number of hydrogen-bond donors (Lipinski definition) is 2. The van der Waals surface area contributed by atoms with Crippen LogP contribution in [0.4, 0.5) is 5.69 Å². The lowest BCUT2D eigenvalue weighted by atomic mass is 10.1. The second-order valence-corrected chi connectivity index (χ2v) is 7.23. The molecule has 0 radical (unpaired) electrons. The largest absolute Gasteiger partial charge is 0.493 e. The summed E-state index contributed by atoms with van der Waals surface area (Å²) in [7, 11) is 0.